The fourth-order valence-corrected chi connectivity index (χ4v) is 1.76. The molecule has 1 unspecified atom stereocenters. The summed E-state index contributed by atoms with van der Waals surface area (Å²) in [6, 6.07) is 0. The minimum Gasteiger partial charge on any atom is -0.386 e. The zero-order chi connectivity index (χ0) is 10.6. The van der Waals surface area contributed by atoms with E-state index in [1.54, 1.807) is 7.11 Å². The monoisotopic (exact) mass is 201 g/mol. The lowest BCUT2D eigenvalue weighted by molar-refractivity contribution is -0.0465. The van der Waals surface area contributed by atoms with E-state index < -0.39 is 5.60 Å². The summed E-state index contributed by atoms with van der Waals surface area (Å²) in [6.45, 7) is 6.39. The van der Waals surface area contributed by atoms with Gasteiger partial charge in [-0.3, -0.25) is 0 Å². The van der Waals surface area contributed by atoms with E-state index in [2.05, 4.69) is 19.2 Å². The molecule has 0 bridgehead atoms. The molecule has 0 heterocycles. The van der Waals surface area contributed by atoms with Gasteiger partial charge in [0.1, 0.15) is 5.60 Å². The van der Waals surface area contributed by atoms with E-state index in [1.165, 1.54) is 0 Å². The van der Waals surface area contributed by atoms with Gasteiger partial charge in [0.25, 0.3) is 0 Å². The van der Waals surface area contributed by atoms with Crippen LogP contribution in [0.15, 0.2) is 0 Å². The number of ether oxygens (including phenoxy) is 1. The molecular weight excluding hydrogens is 178 g/mol. The maximum Gasteiger partial charge on any atom is 0.103 e. The first-order chi connectivity index (χ1) is 6.58. The van der Waals surface area contributed by atoms with Gasteiger partial charge in [-0.25, -0.2) is 0 Å². The van der Waals surface area contributed by atoms with Crippen molar-refractivity contribution in [1.82, 2.24) is 5.32 Å². The van der Waals surface area contributed by atoms with E-state index in [0.717, 1.165) is 19.4 Å². The van der Waals surface area contributed by atoms with Crippen molar-refractivity contribution in [1.29, 1.82) is 0 Å². The van der Waals surface area contributed by atoms with Crippen LogP contribution in [-0.2, 0) is 4.74 Å². The van der Waals surface area contributed by atoms with Gasteiger partial charge in [0.15, 0.2) is 0 Å². The van der Waals surface area contributed by atoms with Crippen LogP contribution in [-0.4, -0.2) is 37.5 Å². The molecule has 1 aliphatic carbocycles. The van der Waals surface area contributed by atoms with Crippen LogP contribution >= 0.6 is 0 Å². The summed E-state index contributed by atoms with van der Waals surface area (Å²) < 4.78 is 5.08. The Morgan fingerprint density at radius 3 is 2.57 bits per heavy atom. The highest BCUT2D eigenvalue weighted by molar-refractivity contribution is 4.96. The number of nitrogens with one attached hydrogen (secondary N) is 1. The molecule has 0 amide bonds. The average molecular weight is 201 g/mol. The Labute approximate surface area is 86.8 Å². The molecule has 1 aliphatic rings. The third-order valence-electron chi connectivity index (χ3n) is 2.72. The molecule has 0 aliphatic heterocycles. The lowest BCUT2D eigenvalue weighted by Crippen LogP contribution is -2.47. The fourth-order valence-electron chi connectivity index (χ4n) is 1.76. The molecule has 0 aromatic carbocycles. The molecule has 3 nitrogen and oxygen atoms in total. The second-order valence-electron chi connectivity index (χ2n) is 4.84. The van der Waals surface area contributed by atoms with Gasteiger partial charge in [-0.2, -0.15) is 0 Å². The molecule has 84 valence electrons. The highest BCUT2D eigenvalue weighted by Crippen LogP contribution is 2.39. The van der Waals surface area contributed by atoms with Crippen LogP contribution in [0.4, 0.5) is 0 Å². The summed E-state index contributed by atoms with van der Waals surface area (Å²) >= 11 is 0. The fraction of sp³-hybridized carbons (Fsp3) is 1.00. The third-order valence-corrected chi connectivity index (χ3v) is 2.72. The Hall–Kier alpha value is -0.120. The quantitative estimate of drug-likeness (QED) is 0.646. The van der Waals surface area contributed by atoms with Crippen molar-refractivity contribution in [2.24, 2.45) is 11.8 Å². The Kier molecular flexibility index (Phi) is 4.35. The van der Waals surface area contributed by atoms with Crippen LogP contribution in [0.1, 0.15) is 26.7 Å². The van der Waals surface area contributed by atoms with Crippen molar-refractivity contribution < 1.29 is 9.84 Å². The first-order valence-corrected chi connectivity index (χ1v) is 5.50. The molecule has 1 saturated carbocycles. The summed E-state index contributed by atoms with van der Waals surface area (Å²) in [7, 11) is 1.65. The van der Waals surface area contributed by atoms with Crippen molar-refractivity contribution in [3.05, 3.63) is 0 Å². The first kappa shape index (κ1) is 12.0. The summed E-state index contributed by atoms with van der Waals surface area (Å²) in [6.07, 6.45) is 2.28. The lowest BCUT2D eigenvalue weighted by atomic mass is 9.99. The Balaban J connectivity index is 2.27. The Morgan fingerprint density at radius 2 is 2.14 bits per heavy atom. The van der Waals surface area contributed by atoms with Crippen LogP contribution in [0.2, 0.25) is 0 Å². The third kappa shape index (κ3) is 3.56. The molecule has 0 radical (unpaired) electrons. The second-order valence-corrected chi connectivity index (χ2v) is 4.84. The van der Waals surface area contributed by atoms with E-state index >= 15 is 0 Å². The van der Waals surface area contributed by atoms with Crippen molar-refractivity contribution >= 4 is 0 Å². The molecular formula is C11H23NO2. The summed E-state index contributed by atoms with van der Waals surface area (Å²) in [5.74, 6) is 1.07. The van der Waals surface area contributed by atoms with Gasteiger partial charge in [-0.05, 0) is 31.2 Å². The topological polar surface area (TPSA) is 41.5 Å². The van der Waals surface area contributed by atoms with E-state index in [1.807, 2.05) is 0 Å². The van der Waals surface area contributed by atoms with Crippen LogP contribution in [0.5, 0.6) is 0 Å². The van der Waals surface area contributed by atoms with Crippen LogP contribution in [0.3, 0.4) is 0 Å². The van der Waals surface area contributed by atoms with Gasteiger partial charge < -0.3 is 15.2 Å². The summed E-state index contributed by atoms with van der Waals surface area (Å²) in [5, 5.41) is 13.6. The molecule has 0 aromatic rings. The molecule has 14 heavy (non-hydrogen) atoms. The standard InChI is InChI=1S/C11H23NO2/c1-9(2)6-12-7-11(13,8-14-3)10-4-5-10/h9-10,12-13H,4-8H2,1-3H3. The molecule has 0 spiro atoms. The predicted octanol–water partition coefficient (Wildman–Crippen LogP) is 1.02. The van der Waals surface area contributed by atoms with Gasteiger partial charge in [0.05, 0.1) is 6.61 Å². The minimum absolute atomic E-state index is 0.446. The average Bonchev–Trinajstić information content (AvgIpc) is 2.85. The van der Waals surface area contributed by atoms with Gasteiger partial charge in [-0.1, -0.05) is 13.8 Å². The number of hydrogen-bond donors (Lipinski definition) is 2. The zero-order valence-electron chi connectivity index (χ0n) is 9.55. The van der Waals surface area contributed by atoms with Crippen molar-refractivity contribution in [2.45, 2.75) is 32.3 Å². The molecule has 0 aromatic heterocycles. The SMILES string of the molecule is COCC(O)(CNCC(C)C)C1CC1. The molecule has 1 atom stereocenters. The second kappa shape index (κ2) is 5.10. The van der Waals surface area contributed by atoms with Crippen LogP contribution in [0, 0.1) is 11.8 Å². The number of rotatable bonds is 7. The molecule has 2 N–H and O–H groups in total. The number of hydrogen-bond acceptors (Lipinski definition) is 3. The lowest BCUT2D eigenvalue weighted by Gasteiger charge is -2.28. The predicted molar refractivity (Wildman–Crippen MR) is 57.3 cm³/mol. The zero-order valence-corrected chi connectivity index (χ0v) is 9.55. The molecule has 0 saturated heterocycles. The summed E-state index contributed by atoms with van der Waals surface area (Å²) in [4.78, 5) is 0. The van der Waals surface area contributed by atoms with Gasteiger partial charge in [0.2, 0.25) is 0 Å². The van der Waals surface area contributed by atoms with E-state index in [0.29, 0.717) is 25.0 Å². The van der Waals surface area contributed by atoms with Crippen LogP contribution < -0.4 is 5.32 Å². The van der Waals surface area contributed by atoms with Crippen LogP contribution in [0.25, 0.3) is 0 Å². The number of methoxy groups -OCH3 is 1. The highest BCUT2D eigenvalue weighted by Gasteiger charge is 2.43. The van der Waals surface area contributed by atoms with Crippen molar-refractivity contribution in [2.75, 3.05) is 26.8 Å². The molecule has 1 rings (SSSR count). The van der Waals surface area contributed by atoms with Crippen molar-refractivity contribution in [3.8, 4) is 0 Å². The normalized spacial score (nSPS) is 21.2. The molecule has 1 fully saturated rings. The first-order valence-electron chi connectivity index (χ1n) is 5.50. The largest absolute Gasteiger partial charge is 0.386 e. The Morgan fingerprint density at radius 1 is 1.50 bits per heavy atom. The maximum absolute atomic E-state index is 10.3. The maximum atomic E-state index is 10.3. The van der Waals surface area contributed by atoms with Crippen molar-refractivity contribution in [3.63, 3.8) is 0 Å². The van der Waals surface area contributed by atoms with Gasteiger partial charge >= 0.3 is 0 Å². The van der Waals surface area contributed by atoms with Gasteiger partial charge in [0, 0.05) is 13.7 Å². The van der Waals surface area contributed by atoms with E-state index in [9.17, 15) is 5.11 Å². The van der Waals surface area contributed by atoms with Gasteiger partial charge in [-0.15, -0.1) is 0 Å². The van der Waals surface area contributed by atoms with E-state index in [-0.39, 0.29) is 0 Å². The number of aliphatic hydroxyl groups is 1. The highest BCUT2D eigenvalue weighted by atomic mass is 16.5. The smallest absolute Gasteiger partial charge is 0.103 e. The minimum atomic E-state index is -0.635. The Bertz CT molecular complexity index is 169. The summed E-state index contributed by atoms with van der Waals surface area (Å²) in [5.41, 5.74) is -0.635. The molecule has 3 heteroatoms. The van der Waals surface area contributed by atoms with E-state index in [4.69, 9.17) is 4.74 Å².